The van der Waals surface area contributed by atoms with Gasteiger partial charge in [0, 0.05) is 6.54 Å². The molecule has 0 saturated heterocycles. The van der Waals surface area contributed by atoms with Crippen molar-refractivity contribution in [1.82, 2.24) is 9.55 Å². The Balaban J connectivity index is 1.22. The molecule has 4 aromatic carbocycles. The molecule has 1 aromatic heterocycles. The van der Waals surface area contributed by atoms with E-state index in [1.807, 2.05) is 61.5 Å². The number of allylic oxidation sites excluding steroid dienone is 1. The summed E-state index contributed by atoms with van der Waals surface area (Å²) in [6.45, 7) is 3.88. The van der Waals surface area contributed by atoms with Gasteiger partial charge in [0.2, 0.25) is 0 Å². The predicted octanol–water partition coefficient (Wildman–Crippen LogP) is 7.67. The summed E-state index contributed by atoms with van der Waals surface area (Å²) in [7, 11) is 1.67. The Kier molecular flexibility index (Phi) is 7.70. The molecule has 0 N–H and O–H groups in total. The molecule has 0 aliphatic carbocycles. The first-order valence-corrected chi connectivity index (χ1v) is 12.7. The molecule has 5 rings (SSSR count). The summed E-state index contributed by atoms with van der Waals surface area (Å²) in [5, 5.41) is 2.37. The largest absolute Gasteiger partial charge is 0.493 e. The smallest absolute Gasteiger partial charge is 0.161 e. The molecule has 37 heavy (non-hydrogen) atoms. The highest BCUT2D eigenvalue weighted by Gasteiger charge is 2.12. The van der Waals surface area contributed by atoms with Crippen molar-refractivity contribution in [3.63, 3.8) is 0 Å². The van der Waals surface area contributed by atoms with Crippen molar-refractivity contribution in [2.24, 2.45) is 0 Å². The van der Waals surface area contributed by atoms with Gasteiger partial charge >= 0.3 is 0 Å². The van der Waals surface area contributed by atoms with E-state index in [2.05, 4.69) is 47.0 Å². The van der Waals surface area contributed by atoms with E-state index in [0.717, 1.165) is 59.1 Å². The Hall–Kier alpha value is -4.25. The summed E-state index contributed by atoms with van der Waals surface area (Å²) in [5.41, 5.74) is 3.21. The molecule has 0 aliphatic heterocycles. The quantitative estimate of drug-likeness (QED) is 0.178. The van der Waals surface area contributed by atoms with Crippen molar-refractivity contribution < 1.29 is 14.2 Å². The molecule has 0 spiro atoms. The molecule has 0 amide bonds. The number of benzene rings is 4. The maximum atomic E-state index is 6.18. The zero-order valence-corrected chi connectivity index (χ0v) is 21.4. The first kappa shape index (κ1) is 24.4. The number of fused-ring (bicyclic) bond motifs is 2. The second-order valence-corrected chi connectivity index (χ2v) is 8.93. The van der Waals surface area contributed by atoms with Gasteiger partial charge in [-0.2, -0.15) is 0 Å². The van der Waals surface area contributed by atoms with Crippen LogP contribution in [0.4, 0.5) is 0 Å². The number of aromatic nitrogens is 2. The molecule has 0 aliphatic rings. The van der Waals surface area contributed by atoms with Crippen LogP contribution >= 0.6 is 0 Å². The van der Waals surface area contributed by atoms with E-state index in [-0.39, 0.29) is 0 Å². The van der Waals surface area contributed by atoms with Crippen LogP contribution in [0, 0.1) is 0 Å². The average Bonchev–Trinajstić information content (AvgIpc) is 3.29. The fourth-order valence-corrected chi connectivity index (χ4v) is 4.54. The van der Waals surface area contributed by atoms with Crippen LogP contribution < -0.4 is 14.2 Å². The lowest BCUT2D eigenvalue weighted by atomic mass is 10.1. The topological polar surface area (TPSA) is 45.5 Å². The first-order chi connectivity index (χ1) is 18.2. The molecule has 0 saturated carbocycles. The van der Waals surface area contributed by atoms with E-state index in [1.165, 1.54) is 10.8 Å². The number of rotatable bonds is 11. The molecule has 0 atom stereocenters. The molecule has 0 radical (unpaired) electrons. The summed E-state index contributed by atoms with van der Waals surface area (Å²) in [6.07, 6.45) is 5.93. The number of hydrogen-bond acceptors (Lipinski definition) is 4. The monoisotopic (exact) mass is 492 g/mol. The van der Waals surface area contributed by atoms with Gasteiger partial charge < -0.3 is 18.8 Å². The van der Waals surface area contributed by atoms with Crippen LogP contribution in [-0.4, -0.2) is 23.3 Å². The van der Waals surface area contributed by atoms with E-state index in [1.54, 1.807) is 7.11 Å². The fraction of sp³-hybridized carbons (Fsp3) is 0.219. The number of imidazole rings is 1. The van der Waals surface area contributed by atoms with Crippen molar-refractivity contribution in [3.8, 4) is 17.2 Å². The van der Waals surface area contributed by atoms with Crippen LogP contribution in [0.15, 0.2) is 91.0 Å². The predicted molar refractivity (Wildman–Crippen MR) is 150 cm³/mol. The zero-order valence-electron chi connectivity index (χ0n) is 21.4. The first-order valence-electron chi connectivity index (χ1n) is 12.7. The Morgan fingerprint density at radius 1 is 0.811 bits per heavy atom. The number of aryl methyl sites for hydroxylation is 1. The van der Waals surface area contributed by atoms with E-state index in [4.69, 9.17) is 19.2 Å². The third kappa shape index (κ3) is 5.78. The summed E-state index contributed by atoms with van der Waals surface area (Å²) in [6, 6.07) is 28.8. The summed E-state index contributed by atoms with van der Waals surface area (Å²) in [4.78, 5) is 4.87. The second-order valence-electron chi connectivity index (χ2n) is 8.93. The van der Waals surface area contributed by atoms with Gasteiger partial charge in [0.05, 0.1) is 24.8 Å². The maximum Gasteiger partial charge on any atom is 0.161 e. The Bertz CT molecular complexity index is 1520. The third-order valence-electron chi connectivity index (χ3n) is 6.40. The Labute approximate surface area is 217 Å². The summed E-state index contributed by atoms with van der Waals surface area (Å²) >= 11 is 0. The minimum absolute atomic E-state index is 0.416. The molecule has 0 fully saturated rings. The summed E-state index contributed by atoms with van der Waals surface area (Å²) < 4.78 is 20.0. The van der Waals surface area contributed by atoms with E-state index in [9.17, 15) is 0 Å². The van der Waals surface area contributed by atoms with Crippen LogP contribution in [0.1, 0.15) is 31.2 Å². The number of methoxy groups -OCH3 is 1. The van der Waals surface area contributed by atoms with Gasteiger partial charge in [-0.1, -0.05) is 60.7 Å². The number of nitrogens with zero attached hydrogens (tertiary/aromatic N) is 2. The molecule has 1 heterocycles. The number of ether oxygens (including phenoxy) is 3. The lowest BCUT2D eigenvalue weighted by Crippen LogP contribution is -2.09. The van der Waals surface area contributed by atoms with E-state index < -0.39 is 0 Å². The normalized spacial score (nSPS) is 11.4. The molecule has 0 bridgehead atoms. The van der Waals surface area contributed by atoms with Crippen LogP contribution in [0.5, 0.6) is 17.2 Å². The minimum atomic E-state index is 0.416. The number of para-hydroxylation sites is 2. The van der Waals surface area contributed by atoms with Gasteiger partial charge in [-0.15, -0.1) is 0 Å². The molecule has 5 heteroatoms. The SMILES string of the molecule is C/C=C/c1ccc(OCCCCn2c(COc3ccc4ccccc4c3)nc3ccccc32)c(OC)c1. The fourth-order valence-electron chi connectivity index (χ4n) is 4.54. The van der Waals surface area contributed by atoms with Crippen molar-refractivity contribution in [2.75, 3.05) is 13.7 Å². The van der Waals surface area contributed by atoms with Gasteiger partial charge in [0.25, 0.3) is 0 Å². The highest BCUT2D eigenvalue weighted by Crippen LogP contribution is 2.29. The highest BCUT2D eigenvalue weighted by molar-refractivity contribution is 5.83. The van der Waals surface area contributed by atoms with Crippen molar-refractivity contribution in [3.05, 3.63) is 102 Å². The molecular weight excluding hydrogens is 460 g/mol. The number of unbranched alkanes of at least 4 members (excludes halogenated alkanes) is 1. The van der Waals surface area contributed by atoms with Crippen LogP contribution in [-0.2, 0) is 13.2 Å². The van der Waals surface area contributed by atoms with Gasteiger partial charge in [-0.3, -0.25) is 0 Å². The van der Waals surface area contributed by atoms with Crippen LogP contribution in [0.2, 0.25) is 0 Å². The van der Waals surface area contributed by atoms with Crippen molar-refractivity contribution in [2.45, 2.75) is 32.9 Å². The zero-order chi connectivity index (χ0) is 25.5. The Morgan fingerprint density at radius 2 is 1.65 bits per heavy atom. The van der Waals surface area contributed by atoms with Gasteiger partial charge in [-0.25, -0.2) is 4.98 Å². The Morgan fingerprint density at radius 3 is 2.51 bits per heavy atom. The molecule has 5 aromatic rings. The second kappa shape index (κ2) is 11.7. The van der Waals surface area contributed by atoms with Crippen LogP contribution in [0.25, 0.3) is 27.9 Å². The van der Waals surface area contributed by atoms with Gasteiger partial charge in [0.15, 0.2) is 11.5 Å². The van der Waals surface area contributed by atoms with Crippen LogP contribution in [0.3, 0.4) is 0 Å². The number of hydrogen-bond donors (Lipinski definition) is 0. The lowest BCUT2D eigenvalue weighted by molar-refractivity contribution is 0.278. The molecular formula is C32H32N2O3. The standard InChI is InChI=1S/C32H32N2O3/c1-3-10-24-15-18-30(31(21-24)35-2)36-20-9-8-19-34-29-14-7-6-13-28(29)33-32(34)23-37-27-17-16-25-11-4-5-12-26(25)22-27/h3-7,10-18,21-22H,8-9,19-20,23H2,1-2H3/b10-3+. The van der Waals surface area contributed by atoms with Gasteiger partial charge in [-0.05, 0) is 72.5 Å². The molecule has 5 nitrogen and oxygen atoms in total. The third-order valence-corrected chi connectivity index (χ3v) is 6.40. The average molecular weight is 493 g/mol. The summed E-state index contributed by atoms with van der Waals surface area (Å²) in [5.74, 6) is 3.30. The minimum Gasteiger partial charge on any atom is -0.493 e. The van der Waals surface area contributed by atoms with E-state index >= 15 is 0 Å². The van der Waals surface area contributed by atoms with Gasteiger partial charge in [0.1, 0.15) is 18.2 Å². The molecule has 188 valence electrons. The lowest BCUT2D eigenvalue weighted by Gasteiger charge is -2.13. The molecule has 0 unspecified atom stereocenters. The van der Waals surface area contributed by atoms with E-state index in [0.29, 0.717) is 13.2 Å². The maximum absolute atomic E-state index is 6.18. The van der Waals surface area contributed by atoms with Crippen molar-refractivity contribution >= 4 is 27.9 Å². The highest BCUT2D eigenvalue weighted by atomic mass is 16.5. The van der Waals surface area contributed by atoms with Crippen molar-refractivity contribution in [1.29, 1.82) is 0 Å².